The van der Waals surface area contributed by atoms with Gasteiger partial charge in [0.2, 0.25) is 0 Å². The van der Waals surface area contributed by atoms with E-state index in [9.17, 15) is 14.0 Å². The van der Waals surface area contributed by atoms with Crippen LogP contribution in [-0.4, -0.2) is 32.6 Å². The second-order valence-electron chi connectivity index (χ2n) is 6.09. The molecule has 7 nitrogen and oxygen atoms in total. The van der Waals surface area contributed by atoms with Gasteiger partial charge in [-0.15, -0.1) is 0 Å². The molecule has 0 aliphatic rings. The molecule has 136 valence electrons. The Morgan fingerprint density at radius 3 is 2.74 bits per heavy atom. The number of nitrogens with one attached hydrogen (secondary N) is 1. The van der Waals surface area contributed by atoms with Gasteiger partial charge in [-0.25, -0.2) is 9.07 Å². The fraction of sp³-hybridized carbons (Fsp3) is 0.158. The van der Waals surface area contributed by atoms with Gasteiger partial charge in [0.05, 0.1) is 17.4 Å². The Kier molecular flexibility index (Phi) is 4.86. The number of rotatable bonds is 4. The Hall–Kier alpha value is -3.73. The van der Waals surface area contributed by atoms with Gasteiger partial charge in [0.1, 0.15) is 17.4 Å². The fourth-order valence-electron chi connectivity index (χ4n) is 2.66. The normalized spacial score (nSPS) is 10.4. The SMILES string of the molecule is Cc1[nH]c(=O)c(C#N)cc1C(=O)N(C)Cc1cnn(-c2ccc(F)cc2)c1. The smallest absolute Gasteiger partial charge is 0.266 e. The van der Waals surface area contributed by atoms with E-state index in [-0.39, 0.29) is 29.4 Å². The van der Waals surface area contributed by atoms with Gasteiger partial charge in [0.15, 0.2) is 0 Å². The zero-order valence-corrected chi connectivity index (χ0v) is 14.7. The van der Waals surface area contributed by atoms with Gasteiger partial charge in [-0.05, 0) is 37.3 Å². The summed E-state index contributed by atoms with van der Waals surface area (Å²) >= 11 is 0. The molecule has 0 aliphatic carbocycles. The number of carbonyl (C=O) groups is 1. The summed E-state index contributed by atoms with van der Waals surface area (Å²) in [5, 5.41) is 13.2. The number of aryl methyl sites for hydroxylation is 1. The summed E-state index contributed by atoms with van der Waals surface area (Å²) in [7, 11) is 1.62. The van der Waals surface area contributed by atoms with E-state index in [1.165, 1.54) is 23.1 Å². The van der Waals surface area contributed by atoms with Crippen LogP contribution >= 0.6 is 0 Å². The maximum Gasteiger partial charge on any atom is 0.266 e. The van der Waals surface area contributed by atoms with Gasteiger partial charge in [-0.3, -0.25) is 9.59 Å². The van der Waals surface area contributed by atoms with E-state index < -0.39 is 5.56 Å². The molecule has 1 amide bonds. The van der Waals surface area contributed by atoms with E-state index >= 15 is 0 Å². The van der Waals surface area contributed by atoms with Crippen molar-refractivity contribution in [2.75, 3.05) is 7.05 Å². The Balaban J connectivity index is 1.79. The number of nitrogens with zero attached hydrogens (tertiary/aromatic N) is 4. The molecule has 0 saturated heterocycles. The lowest BCUT2D eigenvalue weighted by Crippen LogP contribution is -2.28. The number of hydrogen-bond donors (Lipinski definition) is 1. The minimum absolute atomic E-state index is 0.110. The topological polar surface area (TPSA) is 94.8 Å². The lowest BCUT2D eigenvalue weighted by molar-refractivity contribution is 0.0784. The molecule has 0 fully saturated rings. The minimum Gasteiger partial charge on any atom is -0.337 e. The largest absolute Gasteiger partial charge is 0.337 e. The maximum atomic E-state index is 13.0. The minimum atomic E-state index is -0.519. The third-order valence-electron chi connectivity index (χ3n) is 4.08. The average molecular weight is 365 g/mol. The quantitative estimate of drug-likeness (QED) is 0.766. The van der Waals surface area contributed by atoms with Crippen LogP contribution in [0.4, 0.5) is 4.39 Å². The van der Waals surface area contributed by atoms with Crippen molar-refractivity contribution >= 4 is 5.91 Å². The molecule has 0 bridgehead atoms. The first kappa shape index (κ1) is 18.1. The summed E-state index contributed by atoms with van der Waals surface area (Å²) in [6.07, 6.45) is 3.37. The Morgan fingerprint density at radius 2 is 2.07 bits per heavy atom. The molecule has 8 heteroatoms. The molecular weight excluding hydrogens is 349 g/mol. The van der Waals surface area contributed by atoms with Gasteiger partial charge < -0.3 is 9.88 Å². The standard InChI is InChI=1S/C19H16FN5O2/c1-12-17(7-14(8-21)18(26)23-12)19(27)24(2)10-13-9-22-25(11-13)16-5-3-15(20)4-6-16/h3-7,9,11H,10H2,1-2H3,(H,23,26). The highest BCUT2D eigenvalue weighted by Crippen LogP contribution is 2.13. The molecule has 27 heavy (non-hydrogen) atoms. The molecule has 1 aromatic carbocycles. The van der Waals surface area contributed by atoms with Gasteiger partial charge >= 0.3 is 0 Å². The van der Waals surface area contributed by atoms with Gasteiger partial charge in [-0.1, -0.05) is 0 Å². The predicted molar refractivity (Wildman–Crippen MR) is 95.8 cm³/mol. The van der Waals surface area contributed by atoms with Crippen molar-refractivity contribution in [3.05, 3.63) is 81.3 Å². The summed E-state index contributed by atoms with van der Waals surface area (Å²) < 4.78 is 14.6. The second kappa shape index (κ2) is 7.25. The zero-order chi connectivity index (χ0) is 19.6. The number of halogens is 1. The van der Waals surface area contributed by atoms with E-state index in [1.54, 1.807) is 49.2 Å². The number of nitriles is 1. The first-order valence-electron chi connectivity index (χ1n) is 8.08. The first-order chi connectivity index (χ1) is 12.9. The number of H-pyrrole nitrogens is 1. The van der Waals surface area contributed by atoms with E-state index in [0.717, 1.165) is 5.56 Å². The molecular formula is C19H16FN5O2. The molecule has 2 heterocycles. The number of amides is 1. The number of carbonyl (C=O) groups excluding carboxylic acids is 1. The molecule has 0 unspecified atom stereocenters. The fourth-order valence-corrected chi connectivity index (χ4v) is 2.66. The Morgan fingerprint density at radius 1 is 1.37 bits per heavy atom. The molecule has 0 aliphatic heterocycles. The van der Waals surface area contributed by atoms with E-state index in [1.807, 2.05) is 0 Å². The lowest BCUT2D eigenvalue weighted by Gasteiger charge is -2.17. The van der Waals surface area contributed by atoms with Gasteiger partial charge in [0.25, 0.3) is 11.5 Å². The van der Waals surface area contributed by atoms with Gasteiger partial charge in [-0.2, -0.15) is 10.4 Å². The van der Waals surface area contributed by atoms with Crippen molar-refractivity contribution in [2.24, 2.45) is 0 Å². The maximum absolute atomic E-state index is 13.0. The van der Waals surface area contributed by atoms with Crippen LogP contribution in [0, 0.1) is 24.1 Å². The van der Waals surface area contributed by atoms with Crippen LogP contribution in [0.2, 0.25) is 0 Å². The van der Waals surface area contributed by atoms with Crippen LogP contribution in [-0.2, 0) is 6.54 Å². The van der Waals surface area contributed by atoms with E-state index in [0.29, 0.717) is 11.4 Å². The van der Waals surface area contributed by atoms with Crippen LogP contribution in [0.25, 0.3) is 5.69 Å². The third kappa shape index (κ3) is 3.77. The van der Waals surface area contributed by atoms with Crippen LogP contribution in [0.1, 0.15) is 27.2 Å². The molecule has 0 spiro atoms. The summed E-state index contributed by atoms with van der Waals surface area (Å²) in [6.45, 7) is 1.89. The van der Waals surface area contributed by atoms with E-state index in [2.05, 4.69) is 10.1 Å². The van der Waals surface area contributed by atoms with Crippen molar-refractivity contribution in [1.82, 2.24) is 19.7 Å². The highest BCUT2D eigenvalue weighted by molar-refractivity contribution is 5.95. The molecule has 0 saturated carbocycles. The van der Waals surface area contributed by atoms with Crippen LogP contribution in [0.5, 0.6) is 0 Å². The summed E-state index contributed by atoms with van der Waals surface area (Å²) in [5.41, 5.74) is 1.51. The van der Waals surface area contributed by atoms with Crippen molar-refractivity contribution in [2.45, 2.75) is 13.5 Å². The van der Waals surface area contributed by atoms with Crippen molar-refractivity contribution < 1.29 is 9.18 Å². The number of aromatic nitrogens is 3. The molecule has 1 N–H and O–H groups in total. The molecule has 3 rings (SSSR count). The number of aromatic amines is 1. The number of hydrogen-bond acceptors (Lipinski definition) is 4. The highest BCUT2D eigenvalue weighted by atomic mass is 19.1. The van der Waals surface area contributed by atoms with Crippen LogP contribution in [0.3, 0.4) is 0 Å². The van der Waals surface area contributed by atoms with Crippen LogP contribution in [0.15, 0.2) is 47.5 Å². The van der Waals surface area contributed by atoms with Crippen molar-refractivity contribution in [3.63, 3.8) is 0 Å². The van der Waals surface area contributed by atoms with Gasteiger partial charge in [0, 0.05) is 31.0 Å². The van der Waals surface area contributed by atoms with Crippen molar-refractivity contribution in [1.29, 1.82) is 5.26 Å². The van der Waals surface area contributed by atoms with E-state index in [4.69, 9.17) is 5.26 Å². The number of benzene rings is 1. The zero-order valence-electron chi connectivity index (χ0n) is 14.7. The Bertz CT molecular complexity index is 1090. The Labute approximate surface area is 154 Å². The van der Waals surface area contributed by atoms with Crippen molar-refractivity contribution in [3.8, 4) is 11.8 Å². The molecule has 3 aromatic rings. The third-order valence-corrected chi connectivity index (χ3v) is 4.08. The first-order valence-corrected chi connectivity index (χ1v) is 8.08. The lowest BCUT2D eigenvalue weighted by atomic mass is 10.1. The number of pyridine rings is 1. The molecule has 2 aromatic heterocycles. The average Bonchev–Trinajstić information content (AvgIpc) is 3.10. The van der Waals surface area contributed by atoms with Crippen LogP contribution < -0.4 is 5.56 Å². The predicted octanol–water partition coefficient (Wildman–Crippen LogP) is 2.15. The molecule has 0 atom stereocenters. The molecule has 0 radical (unpaired) electrons. The monoisotopic (exact) mass is 365 g/mol. The second-order valence-corrected chi connectivity index (χ2v) is 6.09. The summed E-state index contributed by atoms with van der Waals surface area (Å²) in [5.74, 6) is -0.653. The summed E-state index contributed by atoms with van der Waals surface area (Å²) in [4.78, 5) is 28.3. The highest BCUT2D eigenvalue weighted by Gasteiger charge is 2.17. The summed E-state index contributed by atoms with van der Waals surface area (Å²) in [6, 6.07) is 8.98.